The first-order valence-corrected chi connectivity index (χ1v) is 12.0. The molecule has 3 N–H and O–H groups in total. The summed E-state index contributed by atoms with van der Waals surface area (Å²) in [6.45, 7) is 2.35. The highest BCUT2D eigenvalue weighted by atomic mass is 16.2. The number of aromatic nitrogens is 2. The first-order chi connectivity index (χ1) is 16.7. The van der Waals surface area contributed by atoms with E-state index in [0.717, 1.165) is 61.8 Å². The molecule has 0 spiro atoms. The Morgan fingerprint density at radius 2 is 2.00 bits per heavy atom. The van der Waals surface area contributed by atoms with Crippen molar-refractivity contribution in [2.24, 2.45) is 10.9 Å². The van der Waals surface area contributed by atoms with Gasteiger partial charge < -0.3 is 15.2 Å². The summed E-state index contributed by atoms with van der Waals surface area (Å²) in [7, 11) is 0. The number of aromatic amines is 1. The van der Waals surface area contributed by atoms with Crippen LogP contribution in [0.4, 0.5) is 5.69 Å². The number of carbonyl (C=O) groups is 1. The van der Waals surface area contributed by atoms with E-state index in [2.05, 4.69) is 25.6 Å². The Morgan fingerprint density at radius 1 is 1.18 bits per heavy atom. The Labute approximate surface area is 200 Å². The lowest BCUT2D eigenvalue weighted by atomic mass is 10.00. The second kappa shape index (κ2) is 11.8. The van der Waals surface area contributed by atoms with Crippen LogP contribution in [-0.4, -0.2) is 46.4 Å². The molecule has 1 aromatic carbocycles. The minimum Gasteiger partial charge on any atom is -0.351 e. The van der Waals surface area contributed by atoms with Crippen LogP contribution in [0.1, 0.15) is 49.0 Å². The van der Waals surface area contributed by atoms with Gasteiger partial charge in [-0.05, 0) is 49.4 Å². The van der Waals surface area contributed by atoms with Crippen LogP contribution in [0.5, 0.6) is 0 Å². The van der Waals surface area contributed by atoms with Crippen molar-refractivity contribution in [1.29, 1.82) is 5.26 Å². The minimum absolute atomic E-state index is 0.110. The van der Waals surface area contributed by atoms with Crippen LogP contribution in [0.15, 0.2) is 59.9 Å². The van der Waals surface area contributed by atoms with Gasteiger partial charge in [0.1, 0.15) is 5.69 Å². The third-order valence-electron chi connectivity index (χ3n) is 6.24. The van der Waals surface area contributed by atoms with Crippen molar-refractivity contribution >= 4 is 28.5 Å². The summed E-state index contributed by atoms with van der Waals surface area (Å²) in [5.41, 5.74) is 2.53. The average Bonchev–Trinajstić information content (AvgIpc) is 3.51. The van der Waals surface area contributed by atoms with Gasteiger partial charge in [0.05, 0.1) is 0 Å². The molecule has 3 aromatic rings. The van der Waals surface area contributed by atoms with E-state index >= 15 is 0 Å². The van der Waals surface area contributed by atoms with E-state index in [9.17, 15) is 4.79 Å². The Morgan fingerprint density at radius 3 is 2.82 bits per heavy atom. The number of unbranched alkanes of at least 4 members (excludes halogenated alkanes) is 3. The maximum Gasteiger partial charge on any atom is 0.270 e. The molecule has 1 aliphatic rings. The van der Waals surface area contributed by atoms with Crippen LogP contribution in [0.2, 0.25) is 0 Å². The van der Waals surface area contributed by atoms with Crippen molar-refractivity contribution in [3.8, 4) is 6.19 Å². The lowest BCUT2D eigenvalue weighted by Gasteiger charge is -2.15. The van der Waals surface area contributed by atoms with E-state index in [-0.39, 0.29) is 5.91 Å². The van der Waals surface area contributed by atoms with Crippen molar-refractivity contribution < 1.29 is 4.79 Å². The monoisotopic (exact) mass is 457 g/mol. The van der Waals surface area contributed by atoms with Crippen LogP contribution >= 0.6 is 0 Å². The fourth-order valence-electron chi connectivity index (χ4n) is 4.44. The van der Waals surface area contributed by atoms with E-state index in [1.54, 1.807) is 12.4 Å². The average molecular weight is 458 g/mol. The van der Waals surface area contributed by atoms with Crippen LogP contribution < -0.4 is 10.6 Å². The number of likely N-dealkylation sites (tertiary alicyclic amines) is 1. The van der Waals surface area contributed by atoms with Crippen LogP contribution in [0, 0.1) is 17.4 Å². The quantitative estimate of drug-likeness (QED) is 0.144. The Hall–Kier alpha value is -3.86. The largest absolute Gasteiger partial charge is 0.351 e. The molecule has 0 aliphatic carbocycles. The van der Waals surface area contributed by atoms with Gasteiger partial charge in [0, 0.05) is 48.6 Å². The van der Waals surface area contributed by atoms with E-state index < -0.39 is 0 Å². The second-order valence-electron chi connectivity index (χ2n) is 8.71. The number of hydrogen-bond donors (Lipinski definition) is 3. The second-order valence-corrected chi connectivity index (χ2v) is 8.71. The number of amides is 1. The van der Waals surface area contributed by atoms with Gasteiger partial charge >= 0.3 is 0 Å². The highest BCUT2D eigenvalue weighted by Gasteiger charge is 2.27. The van der Waals surface area contributed by atoms with Gasteiger partial charge in [0.25, 0.3) is 5.91 Å². The topological polar surface area (TPSA) is 109 Å². The summed E-state index contributed by atoms with van der Waals surface area (Å²) in [5.74, 6) is 1.15. The molecule has 8 nitrogen and oxygen atoms in total. The Kier molecular flexibility index (Phi) is 8.12. The zero-order valence-electron chi connectivity index (χ0n) is 19.3. The molecule has 1 saturated heterocycles. The summed E-state index contributed by atoms with van der Waals surface area (Å²) in [4.78, 5) is 26.6. The number of anilines is 1. The molecule has 1 unspecified atom stereocenters. The lowest BCUT2D eigenvalue weighted by molar-refractivity contribution is 0.0781. The lowest BCUT2D eigenvalue weighted by Crippen LogP contribution is -2.28. The molecule has 1 fully saturated rings. The number of pyridine rings is 1. The molecule has 2 aromatic heterocycles. The summed E-state index contributed by atoms with van der Waals surface area (Å²) in [6, 6.07) is 13.6. The van der Waals surface area contributed by atoms with E-state index in [0.29, 0.717) is 24.1 Å². The van der Waals surface area contributed by atoms with Crippen LogP contribution in [0.3, 0.4) is 0 Å². The van der Waals surface area contributed by atoms with Crippen molar-refractivity contribution in [2.75, 3.05) is 25.0 Å². The van der Waals surface area contributed by atoms with Crippen molar-refractivity contribution in [3.05, 3.63) is 60.6 Å². The highest BCUT2D eigenvalue weighted by molar-refractivity contribution is 5.98. The fourth-order valence-corrected chi connectivity index (χ4v) is 4.44. The molecule has 3 heterocycles. The fraction of sp³-hybridized carbons (Fsp3) is 0.385. The molecule has 1 amide bonds. The smallest absolute Gasteiger partial charge is 0.270 e. The summed E-state index contributed by atoms with van der Waals surface area (Å²) >= 11 is 0. The summed E-state index contributed by atoms with van der Waals surface area (Å²) in [6.07, 6.45) is 11.9. The number of guanidine groups is 1. The van der Waals surface area contributed by atoms with Gasteiger partial charge in [-0.15, -0.1) is 0 Å². The predicted octanol–water partition coefficient (Wildman–Crippen LogP) is 4.51. The van der Waals surface area contributed by atoms with Crippen molar-refractivity contribution in [3.63, 3.8) is 0 Å². The molecule has 1 aliphatic heterocycles. The van der Waals surface area contributed by atoms with Gasteiger partial charge in [-0.2, -0.15) is 5.26 Å². The maximum atomic E-state index is 12.9. The molecule has 0 bridgehead atoms. The van der Waals surface area contributed by atoms with E-state index in [4.69, 9.17) is 5.26 Å². The molecular weight excluding hydrogens is 426 g/mol. The molecule has 0 saturated carbocycles. The number of carbonyl (C=O) groups excluding carboxylic acids is 1. The molecule has 176 valence electrons. The molecule has 4 rings (SSSR count). The van der Waals surface area contributed by atoms with Gasteiger partial charge in [0.15, 0.2) is 6.19 Å². The molecule has 1 atom stereocenters. The summed E-state index contributed by atoms with van der Waals surface area (Å²) < 4.78 is 0. The van der Waals surface area contributed by atoms with Crippen molar-refractivity contribution in [1.82, 2.24) is 20.2 Å². The number of hydrogen-bond acceptors (Lipinski definition) is 4. The number of benzene rings is 1. The van der Waals surface area contributed by atoms with Gasteiger partial charge in [-0.25, -0.2) is 0 Å². The van der Waals surface area contributed by atoms with Gasteiger partial charge in [-0.3, -0.25) is 20.1 Å². The highest BCUT2D eigenvalue weighted by Crippen LogP contribution is 2.25. The number of rotatable bonds is 9. The SMILES string of the molecule is N#CNC(=NCCCCCCC1CCN(C(=O)c2cc3ccccc3[nH]2)C1)Nc1ccncc1. The zero-order valence-corrected chi connectivity index (χ0v) is 19.3. The van der Waals surface area contributed by atoms with Crippen LogP contribution in [-0.2, 0) is 0 Å². The molecule has 34 heavy (non-hydrogen) atoms. The maximum absolute atomic E-state index is 12.9. The van der Waals surface area contributed by atoms with E-state index in [1.165, 1.54) is 6.42 Å². The standard InChI is InChI=1S/C26H31N7O/c27-19-30-26(31-22-10-14-28-15-11-22)29-13-6-2-1-3-7-20-12-16-33(18-20)25(34)24-17-21-8-4-5-9-23(21)32-24/h4-5,8-11,14-15,17,20,32H,1-3,6-7,12-13,16,18H2,(H2,28,29,30,31). The number of nitrogens with one attached hydrogen (secondary N) is 3. The third-order valence-corrected chi connectivity index (χ3v) is 6.24. The number of para-hydroxylation sites is 1. The first-order valence-electron chi connectivity index (χ1n) is 12.0. The van der Waals surface area contributed by atoms with Crippen LogP contribution in [0.25, 0.3) is 10.9 Å². The zero-order chi connectivity index (χ0) is 23.6. The van der Waals surface area contributed by atoms with Gasteiger partial charge in [0.2, 0.25) is 5.96 Å². The number of aliphatic imine (C=N–C) groups is 1. The summed E-state index contributed by atoms with van der Waals surface area (Å²) in [5, 5.41) is 15.7. The number of nitrogens with zero attached hydrogens (tertiary/aromatic N) is 4. The van der Waals surface area contributed by atoms with E-state index in [1.807, 2.05) is 53.6 Å². The molecular formula is C26H31N7O. The molecule has 8 heteroatoms. The predicted molar refractivity (Wildman–Crippen MR) is 134 cm³/mol. The van der Waals surface area contributed by atoms with Crippen molar-refractivity contribution in [2.45, 2.75) is 38.5 Å². The Bertz CT molecular complexity index is 1120. The number of nitriles is 1. The normalized spacial score (nSPS) is 15.9. The molecule has 0 radical (unpaired) electrons. The Balaban J connectivity index is 1.13. The first kappa shape index (κ1) is 23.3. The number of H-pyrrole nitrogens is 1. The third kappa shape index (κ3) is 6.35. The number of fused-ring (bicyclic) bond motifs is 1. The minimum atomic E-state index is 0.110. The van der Waals surface area contributed by atoms with Gasteiger partial charge in [-0.1, -0.05) is 37.5 Å².